The Morgan fingerprint density at radius 1 is 1.26 bits per heavy atom. The number of benzene rings is 1. The van der Waals surface area contributed by atoms with Crippen LogP contribution >= 0.6 is 0 Å². The Kier molecular flexibility index (Phi) is 8.06. The van der Waals surface area contributed by atoms with Crippen LogP contribution in [0.5, 0.6) is 5.75 Å². The van der Waals surface area contributed by atoms with Crippen LogP contribution < -0.4 is 15.4 Å². The van der Waals surface area contributed by atoms with Crippen molar-refractivity contribution in [2.45, 2.75) is 38.8 Å². The van der Waals surface area contributed by atoms with Crippen molar-refractivity contribution in [1.29, 1.82) is 0 Å². The summed E-state index contributed by atoms with van der Waals surface area (Å²) in [6.07, 6.45) is 2.16. The zero-order valence-electron chi connectivity index (χ0n) is 15.7. The maximum absolute atomic E-state index is 12.0. The lowest BCUT2D eigenvalue weighted by atomic mass is 10.2. The van der Waals surface area contributed by atoms with E-state index in [9.17, 15) is 14.4 Å². The highest BCUT2D eigenvalue weighted by atomic mass is 16.5. The predicted molar refractivity (Wildman–Crippen MR) is 97.5 cm³/mol. The molecule has 2 amide bonds. The molecule has 0 bridgehead atoms. The predicted octanol–water partition coefficient (Wildman–Crippen LogP) is 1.04. The van der Waals surface area contributed by atoms with E-state index >= 15 is 0 Å². The number of esters is 1. The van der Waals surface area contributed by atoms with Gasteiger partial charge in [0.25, 0.3) is 5.91 Å². The van der Waals surface area contributed by atoms with Crippen LogP contribution in [-0.4, -0.2) is 56.3 Å². The molecule has 27 heavy (non-hydrogen) atoms. The number of nitrogens with one attached hydrogen (secondary N) is 2. The molecule has 0 radical (unpaired) electrons. The quantitative estimate of drug-likeness (QED) is 0.623. The Morgan fingerprint density at radius 2 is 2.00 bits per heavy atom. The van der Waals surface area contributed by atoms with Gasteiger partial charge in [-0.1, -0.05) is 0 Å². The average Bonchev–Trinajstić information content (AvgIpc) is 3.18. The van der Waals surface area contributed by atoms with Gasteiger partial charge in [0.05, 0.1) is 11.7 Å². The normalized spacial score (nSPS) is 17.0. The molecule has 2 atom stereocenters. The Balaban J connectivity index is 1.73. The van der Waals surface area contributed by atoms with Crippen molar-refractivity contribution in [2.24, 2.45) is 0 Å². The Morgan fingerprint density at radius 3 is 2.63 bits per heavy atom. The van der Waals surface area contributed by atoms with Crippen LogP contribution in [0.15, 0.2) is 24.3 Å². The van der Waals surface area contributed by atoms with Gasteiger partial charge in [0, 0.05) is 13.2 Å². The van der Waals surface area contributed by atoms with Crippen LogP contribution in [0.1, 0.15) is 37.0 Å². The summed E-state index contributed by atoms with van der Waals surface area (Å²) in [5, 5.41) is 5.06. The Labute approximate surface area is 158 Å². The zero-order valence-corrected chi connectivity index (χ0v) is 15.7. The summed E-state index contributed by atoms with van der Waals surface area (Å²) >= 11 is 0. The first kappa shape index (κ1) is 20.7. The molecule has 0 spiro atoms. The summed E-state index contributed by atoms with van der Waals surface area (Å²) in [7, 11) is 0. The minimum atomic E-state index is -0.698. The van der Waals surface area contributed by atoms with E-state index in [-0.39, 0.29) is 12.0 Å². The van der Waals surface area contributed by atoms with Gasteiger partial charge in [0.2, 0.25) is 5.91 Å². The highest BCUT2D eigenvalue weighted by molar-refractivity contribution is 5.92. The number of likely N-dealkylation sites (N-methyl/N-ethyl adjacent to an activating group) is 1. The maximum atomic E-state index is 12.0. The van der Waals surface area contributed by atoms with E-state index in [4.69, 9.17) is 14.2 Å². The van der Waals surface area contributed by atoms with Gasteiger partial charge in [-0.15, -0.1) is 0 Å². The SMILES string of the molecule is CCNC(=O)[C@@H](C)NC(=O)COC(=O)c1ccc(OC[C@@H]2CCCO2)cc1. The maximum Gasteiger partial charge on any atom is 0.338 e. The van der Waals surface area contributed by atoms with E-state index in [1.54, 1.807) is 38.1 Å². The minimum absolute atomic E-state index is 0.120. The fourth-order valence-electron chi connectivity index (χ4n) is 2.54. The van der Waals surface area contributed by atoms with Gasteiger partial charge in [-0.05, 0) is 51.0 Å². The fraction of sp³-hybridized carbons (Fsp3) is 0.526. The summed E-state index contributed by atoms with van der Waals surface area (Å²) in [4.78, 5) is 35.3. The molecule has 2 rings (SSSR count). The molecule has 1 heterocycles. The highest BCUT2D eigenvalue weighted by Gasteiger charge is 2.17. The first-order chi connectivity index (χ1) is 13.0. The average molecular weight is 378 g/mol. The molecule has 1 saturated heterocycles. The molecule has 2 N–H and O–H groups in total. The number of hydrogen-bond donors (Lipinski definition) is 2. The third-order valence-corrected chi connectivity index (χ3v) is 4.01. The van der Waals surface area contributed by atoms with E-state index in [0.29, 0.717) is 24.5 Å². The second-order valence-electron chi connectivity index (χ2n) is 6.23. The Hall–Kier alpha value is -2.61. The van der Waals surface area contributed by atoms with Crippen molar-refractivity contribution in [1.82, 2.24) is 10.6 Å². The van der Waals surface area contributed by atoms with Crippen molar-refractivity contribution in [2.75, 3.05) is 26.4 Å². The molecule has 0 unspecified atom stereocenters. The number of hydrogen-bond acceptors (Lipinski definition) is 6. The van der Waals surface area contributed by atoms with E-state index in [1.807, 2.05) is 0 Å². The summed E-state index contributed by atoms with van der Waals surface area (Å²) < 4.78 is 16.1. The Bertz CT molecular complexity index is 640. The lowest BCUT2D eigenvalue weighted by Crippen LogP contribution is -2.46. The molecule has 1 fully saturated rings. The highest BCUT2D eigenvalue weighted by Crippen LogP contribution is 2.17. The monoisotopic (exact) mass is 378 g/mol. The second kappa shape index (κ2) is 10.5. The van der Waals surface area contributed by atoms with Crippen LogP contribution in [-0.2, 0) is 19.1 Å². The molecule has 0 aliphatic carbocycles. The zero-order chi connectivity index (χ0) is 19.6. The number of amides is 2. The van der Waals surface area contributed by atoms with E-state index in [2.05, 4.69) is 10.6 Å². The van der Waals surface area contributed by atoms with Gasteiger partial charge in [-0.25, -0.2) is 4.79 Å². The van der Waals surface area contributed by atoms with E-state index in [0.717, 1.165) is 19.4 Å². The molecule has 8 nitrogen and oxygen atoms in total. The van der Waals surface area contributed by atoms with Crippen LogP contribution in [0.3, 0.4) is 0 Å². The molecular weight excluding hydrogens is 352 g/mol. The summed E-state index contributed by atoms with van der Waals surface area (Å²) in [6, 6.07) is 5.78. The minimum Gasteiger partial charge on any atom is -0.491 e. The lowest BCUT2D eigenvalue weighted by molar-refractivity contribution is -0.130. The van der Waals surface area contributed by atoms with Crippen molar-refractivity contribution in [3.63, 3.8) is 0 Å². The topological polar surface area (TPSA) is 103 Å². The van der Waals surface area contributed by atoms with Gasteiger partial charge < -0.3 is 24.8 Å². The van der Waals surface area contributed by atoms with E-state index < -0.39 is 24.5 Å². The van der Waals surface area contributed by atoms with Gasteiger partial charge in [-0.2, -0.15) is 0 Å². The standard InChI is InChI=1S/C19H26N2O6/c1-3-20-18(23)13(2)21-17(22)12-27-19(24)14-6-8-15(9-7-14)26-11-16-5-4-10-25-16/h6-9,13,16H,3-5,10-12H2,1-2H3,(H,20,23)(H,21,22)/t13-,16+/m1/s1. The summed E-state index contributed by atoms with van der Waals surface area (Å²) in [6.45, 7) is 4.61. The molecule has 8 heteroatoms. The number of carbonyl (C=O) groups is 3. The lowest BCUT2D eigenvalue weighted by Gasteiger charge is -2.13. The van der Waals surface area contributed by atoms with Crippen molar-refractivity contribution < 1.29 is 28.6 Å². The van der Waals surface area contributed by atoms with Gasteiger partial charge in [0.15, 0.2) is 6.61 Å². The molecule has 0 aromatic heterocycles. The van der Waals surface area contributed by atoms with E-state index in [1.165, 1.54) is 0 Å². The third kappa shape index (κ3) is 6.90. The number of carbonyl (C=O) groups excluding carboxylic acids is 3. The van der Waals surface area contributed by atoms with Gasteiger partial charge >= 0.3 is 5.97 Å². The summed E-state index contributed by atoms with van der Waals surface area (Å²) in [5.74, 6) is -0.827. The molecular formula is C19H26N2O6. The largest absolute Gasteiger partial charge is 0.491 e. The molecule has 148 valence electrons. The second-order valence-corrected chi connectivity index (χ2v) is 6.23. The molecule has 1 aromatic rings. The van der Waals surface area contributed by atoms with Gasteiger partial charge in [-0.3, -0.25) is 9.59 Å². The van der Waals surface area contributed by atoms with Crippen LogP contribution in [0.4, 0.5) is 0 Å². The van der Waals surface area contributed by atoms with Gasteiger partial charge in [0.1, 0.15) is 18.4 Å². The molecule has 1 aliphatic heterocycles. The summed E-state index contributed by atoms with van der Waals surface area (Å²) in [5.41, 5.74) is 0.309. The number of rotatable bonds is 9. The first-order valence-electron chi connectivity index (χ1n) is 9.08. The molecule has 0 saturated carbocycles. The number of ether oxygens (including phenoxy) is 3. The third-order valence-electron chi connectivity index (χ3n) is 4.01. The molecule has 1 aromatic carbocycles. The molecule has 1 aliphatic rings. The van der Waals surface area contributed by atoms with Crippen LogP contribution in [0.2, 0.25) is 0 Å². The fourth-order valence-corrected chi connectivity index (χ4v) is 2.54. The smallest absolute Gasteiger partial charge is 0.338 e. The van der Waals surface area contributed by atoms with Crippen molar-refractivity contribution in [3.05, 3.63) is 29.8 Å². The van der Waals surface area contributed by atoms with Crippen molar-refractivity contribution >= 4 is 17.8 Å². The van der Waals surface area contributed by atoms with Crippen LogP contribution in [0.25, 0.3) is 0 Å². The van der Waals surface area contributed by atoms with Crippen LogP contribution in [0, 0.1) is 0 Å². The van der Waals surface area contributed by atoms with Crippen molar-refractivity contribution in [3.8, 4) is 5.75 Å². The first-order valence-corrected chi connectivity index (χ1v) is 9.08.